The van der Waals surface area contributed by atoms with Crippen LogP contribution in [0, 0.1) is 0 Å². The van der Waals surface area contributed by atoms with Gasteiger partial charge in [0, 0.05) is 5.56 Å². The molecule has 0 saturated carbocycles. The van der Waals surface area contributed by atoms with Gasteiger partial charge in [-0.3, -0.25) is 14.9 Å². The Hall–Kier alpha value is -3.20. The largest absolute Gasteiger partial charge is 0.490 e. The summed E-state index contributed by atoms with van der Waals surface area (Å²) < 4.78 is 16.6. The number of nitrogens with zero attached hydrogens (tertiary/aromatic N) is 1. The number of aryl methyl sites for hydroxylation is 1. The molecule has 1 fully saturated rings. The molecule has 160 valence electrons. The van der Waals surface area contributed by atoms with E-state index in [1.54, 1.807) is 0 Å². The van der Waals surface area contributed by atoms with E-state index in [1.165, 1.54) is 5.56 Å². The maximum atomic E-state index is 11.7. The van der Waals surface area contributed by atoms with E-state index >= 15 is 0 Å². The first-order chi connectivity index (χ1) is 15.2. The van der Waals surface area contributed by atoms with Crippen molar-refractivity contribution in [2.75, 3.05) is 20.0 Å². The van der Waals surface area contributed by atoms with Crippen molar-refractivity contribution in [2.24, 2.45) is 5.16 Å². The predicted octanol–water partition coefficient (Wildman–Crippen LogP) is 3.06. The molecule has 1 atom stereocenters. The van der Waals surface area contributed by atoms with Gasteiger partial charge in [0.25, 0.3) is 5.24 Å². The number of carbonyl (C=O) groups is 2. The molecule has 1 aliphatic carbocycles. The summed E-state index contributed by atoms with van der Waals surface area (Å²) in [7, 11) is 0. The van der Waals surface area contributed by atoms with Gasteiger partial charge in [0.05, 0.1) is 11.0 Å². The first kappa shape index (κ1) is 19.7. The molecular weight excluding hydrogens is 420 g/mol. The summed E-state index contributed by atoms with van der Waals surface area (Å²) in [6, 6.07) is 11.5. The number of carbonyl (C=O) groups excluding carboxylic acids is 2. The highest BCUT2D eigenvalue weighted by Crippen LogP contribution is 2.38. The van der Waals surface area contributed by atoms with Gasteiger partial charge in [0.1, 0.15) is 12.4 Å². The summed E-state index contributed by atoms with van der Waals surface area (Å²) in [4.78, 5) is 28.4. The molecular formula is C22H20N2O6S. The van der Waals surface area contributed by atoms with Crippen LogP contribution in [0.25, 0.3) is 0 Å². The molecule has 2 aromatic rings. The number of nitrogens with one attached hydrogen (secondary N) is 1. The molecule has 0 spiro atoms. The quantitative estimate of drug-likeness (QED) is 0.522. The van der Waals surface area contributed by atoms with E-state index in [1.807, 2.05) is 36.4 Å². The monoisotopic (exact) mass is 440 g/mol. The zero-order valence-electron chi connectivity index (χ0n) is 16.6. The Labute approximate surface area is 182 Å². The fourth-order valence-corrected chi connectivity index (χ4v) is 4.59. The summed E-state index contributed by atoms with van der Waals surface area (Å²) in [6.07, 6.45) is 2.24. The summed E-state index contributed by atoms with van der Waals surface area (Å²) in [5.74, 6) is 2.01. The first-order valence-corrected chi connectivity index (χ1v) is 10.9. The summed E-state index contributed by atoms with van der Waals surface area (Å²) in [5.41, 5.74) is 4.13. The molecule has 31 heavy (non-hydrogen) atoms. The van der Waals surface area contributed by atoms with Gasteiger partial charge >= 0.3 is 0 Å². The molecule has 2 heterocycles. The number of hydrogen-bond donors (Lipinski definition) is 1. The van der Waals surface area contributed by atoms with Gasteiger partial charge in [-0.1, -0.05) is 29.1 Å². The topological polar surface area (TPSA) is 95.5 Å². The minimum Gasteiger partial charge on any atom is -0.490 e. The van der Waals surface area contributed by atoms with Crippen LogP contribution in [0.3, 0.4) is 0 Å². The second-order valence-corrected chi connectivity index (χ2v) is 8.49. The van der Waals surface area contributed by atoms with Crippen LogP contribution in [0.2, 0.25) is 0 Å². The SMILES string of the molecule is O=C1NC(=O)C(Cc2ccc(OCCON=C3CCc4cc5c(cc43)OCO5)cc2)S1. The van der Waals surface area contributed by atoms with Crippen molar-refractivity contribution in [2.45, 2.75) is 24.5 Å². The average molecular weight is 440 g/mol. The Morgan fingerprint density at radius 1 is 1.06 bits per heavy atom. The molecule has 9 heteroatoms. The first-order valence-electron chi connectivity index (χ1n) is 10.0. The molecule has 8 nitrogen and oxygen atoms in total. The van der Waals surface area contributed by atoms with Crippen molar-refractivity contribution in [1.82, 2.24) is 5.32 Å². The third kappa shape index (κ3) is 4.32. The van der Waals surface area contributed by atoms with Gasteiger partial charge in [0.2, 0.25) is 12.7 Å². The van der Waals surface area contributed by atoms with Crippen molar-refractivity contribution >= 4 is 28.6 Å². The van der Waals surface area contributed by atoms with Crippen molar-refractivity contribution in [1.29, 1.82) is 0 Å². The highest BCUT2D eigenvalue weighted by molar-refractivity contribution is 8.15. The predicted molar refractivity (Wildman–Crippen MR) is 114 cm³/mol. The van der Waals surface area contributed by atoms with Crippen molar-refractivity contribution in [3.05, 3.63) is 53.1 Å². The molecule has 1 N–H and O–H groups in total. The lowest BCUT2D eigenvalue weighted by atomic mass is 10.1. The van der Waals surface area contributed by atoms with Gasteiger partial charge in [-0.05, 0) is 54.7 Å². The van der Waals surface area contributed by atoms with Crippen LogP contribution in [0.1, 0.15) is 23.1 Å². The van der Waals surface area contributed by atoms with E-state index in [0.29, 0.717) is 25.4 Å². The highest BCUT2D eigenvalue weighted by atomic mass is 32.2. The van der Waals surface area contributed by atoms with E-state index in [2.05, 4.69) is 10.5 Å². The molecule has 0 radical (unpaired) electrons. The van der Waals surface area contributed by atoms with Crippen LogP contribution in [-0.2, 0) is 22.5 Å². The Bertz CT molecular complexity index is 1050. The van der Waals surface area contributed by atoms with E-state index in [9.17, 15) is 9.59 Å². The molecule has 0 aromatic heterocycles. The van der Waals surface area contributed by atoms with Gasteiger partial charge in [-0.15, -0.1) is 0 Å². The molecule has 2 amide bonds. The zero-order chi connectivity index (χ0) is 21.2. The maximum Gasteiger partial charge on any atom is 0.286 e. The van der Waals surface area contributed by atoms with Crippen LogP contribution in [0.5, 0.6) is 17.2 Å². The van der Waals surface area contributed by atoms with Gasteiger partial charge < -0.3 is 19.0 Å². The number of amides is 2. The molecule has 5 rings (SSSR count). The number of imide groups is 1. The Kier molecular flexibility index (Phi) is 5.42. The van der Waals surface area contributed by atoms with Crippen LogP contribution in [0.15, 0.2) is 41.6 Å². The second-order valence-electron chi connectivity index (χ2n) is 7.31. The van der Waals surface area contributed by atoms with E-state index in [4.69, 9.17) is 19.0 Å². The van der Waals surface area contributed by atoms with Gasteiger partial charge in [-0.2, -0.15) is 0 Å². The molecule has 1 saturated heterocycles. The number of benzene rings is 2. The fourth-order valence-electron chi connectivity index (χ4n) is 3.73. The van der Waals surface area contributed by atoms with Gasteiger partial charge in [0.15, 0.2) is 18.1 Å². The fraction of sp³-hybridized carbons (Fsp3) is 0.318. The minimum absolute atomic E-state index is 0.232. The minimum atomic E-state index is -0.368. The molecule has 0 bridgehead atoms. The lowest BCUT2D eigenvalue weighted by Crippen LogP contribution is -2.25. The number of ether oxygens (including phenoxy) is 3. The average Bonchev–Trinajstić information content (AvgIpc) is 3.46. The van der Waals surface area contributed by atoms with Crippen LogP contribution in [0.4, 0.5) is 4.79 Å². The van der Waals surface area contributed by atoms with Crippen LogP contribution in [-0.4, -0.2) is 42.1 Å². The van der Waals surface area contributed by atoms with Crippen molar-refractivity contribution < 1.29 is 28.6 Å². The normalized spacial score (nSPS) is 20.1. The molecule has 2 aliphatic heterocycles. The molecule has 3 aliphatic rings. The summed E-state index contributed by atoms with van der Waals surface area (Å²) in [6.45, 7) is 0.944. The lowest BCUT2D eigenvalue weighted by Gasteiger charge is -2.08. The third-order valence-electron chi connectivity index (χ3n) is 5.27. The van der Waals surface area contributed by atoms with E-state index < -0.39 is 0 Å². The number of rotatable bonds is 7. The zero-order valence-corrected chi connectivity index (χ0v) is 17.4. The summed E-state index contributed by atoms with van der Waals surface area (Å²) >= 11 is 1.03. The van der Waals surface area contributed by atoms with Crippen LogP contribution < -0.4 is 19.5 Å². The Morgan fingerprint density at radius 2 is 1.87 bits per heavy atom. The van der Waals surface area contributed by atoms with Crippen molar-refractivity contribution in [3.63, 3.8) is 0 Å². The second kappa shape index (κ2) is 8.50. The van der Waals surface area contributed by atoms with Crippen molar-refractivity contribution in [3.8, 4) is 17.2 Å². The Balaban J connectivity index is 1.09. The van der Waals surface area contributed by atoms with Crippen LogP contribution >= 0.6 is 11.8 Å². The maximum absolute atomic E-state index is 11.7. The lowest BCUT2D eigenvalue weighted by molar-refractivity contribution is -0.118. The number of hydrogen-bond acceptors (Lipinski definition) is 8. The van der Waals surface area contributed by atoms with E-state index in [-0.39, 0.29) is 23.2 Å². The third-order valence-corrected chi connectivity index (χ3v) is 6.25. The van der Waals surface area contributed by atoms with Gasteiger partial charge in [-0.25, -0.2) is 0 Å². The Morgan fingerprint density at radius 3 is 2.65 bits per heavy atom. The van der Waals surface area contributed by atoms with E-state index in [0.717, 1.165) is 52.9 Å². The smallest absolute Gasteiger partial charge is 0.286 e. The summed E-state index contributed by atoms with van der Waals surface area (Å²) in [5, 5.41) is 5.92. The standard InChI is InChI=1S/C22H20N2O6S/c25-21-20(31-22(26)23-21)9-13-1-4-15(5-2-13)27-7-8-30-24-17-6-3-14-10-18-19(11-16(14)17)29-12-28-18/h1-2,4-5,10-11,20H,3,6-9,12H2,(H,23,25,26). The highest BCUT2D eigenvalue weighted by Gasteiger charge is 2.31. The molecule has 1 unspecified atom stereocenters. The number of thioether (sulfide) groups is 1. The number of oxime groups is 1. The number of fused-ring (bicyclic) bond motifs is 2. The molecule has 2 aromatic carbocycles.